The topological polar surface area (TPSA) is 30.9 Å². The molecule has 1 atom stereocenters. The van der Waals surface area contributed by atoms with E-state index in [1.54, 1.807) is 0 Å². The molecule has 10 heteroatoms. The summed E-state index contributed by atoms with van der Waals surface area (Å²) in [5, 5.41) is 4.22. The largest absolute Gasteiger partial charge is 0.409 e. The lowest BCUT2D eigenvalue weighted by Crippen LogP contribution is -2.56. The van der Waals surface area contributed by atoms with Crippen molar-refractivity contribution in [3.8, 4) is 5.69 Å². The van der Waals surface area contributed by atoms with Gasteiger partial charge in [0, 0.05) is 11.5 Å². The minimum absolute atomic E-state index is 0.132. The zero-order chi connectivity index (χ0) is 24.6. The van der Waals surface area contributed by atoms with E-state index in [0.29, 0.717) is 12.2 Å². The molecule has 0 saturated carbocycles. The third-order valence-electron chi connectivity index (χ3n) is 6.17. The molecule has 0 unspecified atom stereocenters. The third kappa shape index (κ3) is 5.01. The van der Waals surface area contributed by atoms with E-state index in [4.69, 9.17) is 4.43 Å². The van der Waals surface area contributed by atoms with Crippen LogP contribution in [0.4, 0.5) is 22.0 Å². The predicted octanol–water partition coefficient (Wildman–Crippen LogP) is 6.31. The van der Waals surface area contributed by atoms with Crippen LogP contribution < -0.4 is 4.57 Å². The van der Waals surface area contributed by atoms with E-state index in [1.807, 2.05) is 4.57 Å². The van der Waals surface area contributed by atoms with E-state index in [-0.39, 0.29) is 6.04 Å². The molecule has 0 N–H and O–H groups in total. The Labute approximate surface area is 192 Å². The maximum atomic E-state index is 14.4. The van der Waals surface area contributed by atoms with Crippen molar-refractivity contribution in [2.75, 3.05) is 0 Å². The molecule has 1 aromatic heterocycles. The molecule has 0 bridgehead atoms. The Hall–Kier alpha value is -1.81. The summed E-state index contributed by atoms with van der Waals surface area (Å²) in [6.07, 6.45) is 8.22. The van der Waals surface area contributed by atoms with Crippen molar-refractivity contribution < 1.29 is 30.9 Å². The number of benzene rings is 1. The molecule has 1 aliphatic rings. The van der Waals surface area contributed by atoms with Crippen molar-refractivity contribution in [2.45, 2.75) is 96.5 Å². The maximum Gasteiger partial charge on any atom is 0.278 e. The van der Waals surface area contributed by atoms with Crippen LogP contribution in [0.1, 0.15) is 70.7 Å². The fourth-order valence-electron chi connectivity index (χ4n) is 4.84. The monoisotopic (exact) mass is 490 g/mol. The van der Waals surface area contributed by atoms with Gasteiger partial charge in [-0.3, -0.25) is 0 Å². The van der Waals surface area contributed by atoms with Crippen molar-refractivity contribution in [3.63, 3.8) is 0 Å². The molecule has 0 aliphatic carbocycles. The Bertz CT molecular complexity index is 968. The minimum atomic E-state index is -2.18. The third-order valence-corrected chi connectivity index (χ3v) is 7.19. The van der Waals surface area contributed by atoms with Crippen LogP contribution in [-0.2, 0) is 10.8 Å². The van der Waals surface area contributed by atoms with Gasteiger partial charge in [-0.1, -0.05) is 44.2 Å². The second-order valence-corrected chi connectivity index (χ2v) is 14.3. The number of aryl methyl sites for hydroxylation is 1. The summed E-state index contributed by atoms with van der Waals surface area (Å²) in [6, 6.07) is -0.132. The summed E-state index contributed by atoms with van der Waals surface area (Å²) in [6.45, 7) is 10.6. The fraction of sp³-hybridized carbons (Fsp3) is 0.652. The highest BCUT2D eigenvalue weighted by Crippen LogP contribution is 2.41. The molecule has 0 saturated heterocycles. The molecule has 4 nitrogen and oxygen atoms in total. The number of hydrogen-bond acceptors (Lipinski definition) is 2. The second kappa shape index (κ2) is 9.81. The lowest BCUT2D eigenvalue weighted by atomic mass is 9.83. The Morgan fingerprint density at radius 3 is 1.97 bits per heavy atom. The van der Waals surface area contributed by atoms with E-state index < -0.39 is 48.7 Å². The molecule has 0 fully saturated rings. The van der Waals surface area contributed by atoms with Crippen LogP contribution in [0.2, 0.25) is 19.6 Å². The van der Waals surface area contributed by atoms with Crippen LogP contribution >= 0.6 is 0 Å². The number of halogens is 5. The summed E-state index contributed by atoms with van der Waals surface area (Å²) in [4.78, 5) is 0. The average Bonchev–Trinajstić information content (AvgIpc) is 3.33. The standard InChI is InChI=1S/C23H33F5N3OSi/c1-6-8-12-23(13-9-7-2,32-33(3,4)5)15-10-11-16-29-31(14-30(15)16)22-20(27)18(25)17(24)19(26)21(22)28/h14-15H,6-13H2,1-5H3/q+1/t15-/m0/s1. The highest BCUT2D eigenvalue weighted by molar-refractivity contribution is 6.69. The molecule has 33 heavy (non-hydrogen) atoms. The Kier molecular flexibility index (Phi) is 7.67. The van der Waals surface area contributed by atoms with Gasteiger partial charge in [0.2, 0.25) is 41.1 Å². The van der Waals surface area contributed by atoms with Crippen LogP contribution in [0, 0.1) is 29.1 Å². The Morgan fingerprint density at radius 2 is 1.48 bits per heavy atom. The van der Waals surface area contributed by atoms with Gasteiger partial charge in [-0.25, -0.2) is 17.7 Å². The minimum Gasteiger partial charge on any atom is -0.409 e. The number of fused-ring (bicyclic) bond motifs is 1. The Balaban J connectivity index is 2.11. The number of hydrogen-bond donors (Lipinski definition) is 0. The van der Waals surface area contributed by atoms with Crippen LogP contribution in [0.15, 0.2) is 6.33 Å². The van der Waals surface area contributed by atoms with Crippen LogP contribution in [-0.4, -0.2) is 23.7 Å². The molecule has 3 rings (SSSR count). The van der Waals surface area contributed by atoms with Crippen LogP contribution in [0.5, 0.6) is 0 Å². The van der Waals surface area contributed by atoms with E-state index in [2.05, 4.69) is 38.6 Å². The molecular formula is C23H33F5N3OSi+. The zero-order valence-electron chi connectivity index (χ0n) is 20.0. The Morgan fingerprint density at radius 1 is 0.970 bits per heavy atom. The van der Waals surface area contributed by atoms with Gasteiger partial charge >= 0.3 is 0 Å². The molecule has 2 aromatic rings. The number of rotatable bonds is 10. The highest BCUT2D eigenvalue weighted by Gasteiger charge is 2.49. The van der Waals surface area contributed by atoms with Crippen molar-refractivity contribution in [1.29, 1.82) is 0 Å². The quantitative estimate of drug-likeness (QED) is 0.128. The molecule has 1 aliphatic heterocycles. The summed E-state index contributed by atoms with van der Waals surface area (Å²) < 4.78 is 79.4. The zero-order valence-corrected chi connectivity index (χ0v) is 21.0. The van der Waals surface area contributed by atoms with Gasteiger partial charge in [0.25, 0.3) is 5.82 Å². The van der Waals surface area contributed by atoms with Gasteiger partial charge in [-0.2, -0.15) is 8.78 Å². The summed E-state index contributed by atoms with van der Waals surface area (Å²) in [5.41, 5.74) is -1.54. The van der Waals surface area contributed by atoms with Crippen LogP contribution in [0.3, 0.4) is 0 Å². The average molecular weight is 491 g/mol. The summed E-state index contributed by atoms with van der Waals surface area (Å²) in [7, 11) is -1.98. The van der Waals surface area contributed by atoms with Crippen LogP contribution in [0.25, 0.3) is 5.69 Å². The lowest BCUT2D eigenvalue weighted by Gasteiger charge is -2.43. The smallest absolute Gasteiger partial charge is 0.278 e. The SMILES string of the molecule is CCCCC(CCCC)(O[Si](C)(C)C)[C@@H]1CCc2nn(-c3c(F)c(F)c(F)c(F)c3F)c[n+]21. The van der Waals surface area contributed by atoms with Gasteiger partial charge in [-0.05, 0) is 38.9 Å². The fourth-order valence-corrected chi connectivity index (χ4v) is 6.40. The summed E-state index contributed by atoms with van der Waals surface area (Å²) in [5.74, 6) is -9.40. The molecule has 0 spiro atoms. The first kappa shape index (κ1) is 25.8. The number of nitrogens with zero attached hydrogens (tertiary/aromatic N) is 3. The van der Waals surface area contributed by atoms with Gasteiger partial charge in [0.15, 0.2) is 8.32 Å². The van der Waals surface area contributed by atoms with Gasteiger partial charge < -0.3 is 4.43 Å². The van der Waals surface area contributed by atoms with E-state index in [9.17, 15) is 22.0 Å². The normalized spacial score (nSPS) is 16.5. The molecule has 2 heterocycles. The molecule has 1 aromatic carbocycles. The predicted molar refractivity (Wildman–Crippen MR) is 117 cm³/mol. The van der Waals surface area contributed by atoms with Crippen molar-refractivity contribution in [3.05, 3.63) is 41.2 Å². The maximum absolute atomic E-state index is 14.4. The van der Waals surface area contributed by atoms with Crippen molar-refractivity contribution in [1.82, 2.24) is 9.78 Å². The first-order valence-corrected chi connectivity index (χ1v) is 15.1. The first-order valence-electron chi connectivity index (χ1n) is 11.7. The van der Waals surface area contributed by atoms with E-state index in [0.717, 1.165) is 49.6 Å². The van der Waals surface area contributed by atoms with Gasteiger partial charge in [0.05, 0.1) is 5.60 Å². The second-order valence-electron chi connectivity index (χ2n) is 9.84. The number of unbranched alkanes of at least 4 members (excludes halogenated alkanes) is 2. The number of aromatic nitrogens is 3. The van der Waals surface area contributed by atoms with Gasteiger partial charge in [0.1, 0.15) is 6.04 Å². The van der Waals surface area contributed by atoms with E-state index in [1.165, 1.54) is 6.33 Å². The van der Waals surface area contributed by atoms with Crippen molar-refractivity contribution in [2.24, 2.45) is 0 Å². The molecule has 0 amide bonds. The van der Waals surface area contributed by atoms with Crippen molar-refractivity contribution >= 4 is 8.32 Å². The lowest BCUT2D eigenvalue weighted by molar-refractivity contribution is -0.731. The highest BCUT2D eigenvalue weighted by atomic mass is 28.4. The first-order chi connectivity index (χ1) is 15.5. The van der Waals surface area contributed by atoms with Gasteiger partial charge in [-0.15, -0.1) is 0 Å². The molecule has 184 valence electrons. The molecule has 0 radical (unpaired) electrons. The molecular weight excluding hydrogens is 457 g/mol. The summed E-state index contributed by atoms with van der Waals surface area (Å²) >= 11 is 0. The van der Waals surface area contributed by atoms with E-state index >= 15 is 0 Å².